The molecule has 8 nitrogen and oxygen atoms in total. The molecule has 0 aliphatic rings. The largest absolute Gasteiger partial charge is 0.444 e. The molecule has 0 fully saturated rings. The first kappa shape index (κ1) is 29.5. The second kappa shape index (κ2) is 15.3. The van der Waals surface area contributed by atoms with Crippen LogP contribution in [0.2, 0.25) is 0 Å². The molecule has 0 aliphatic carbocycles. The molecular formula is C23H48N4O4. The molecule has 0 aromatic rings. The predicted molar refractivity (Wildman–Crippen MR) is 126 cm³/mol. The zero-order valence-corrected chi connectivity index (χ0v) is 20.7. The topological polar surface area (TPSA) is 129 Å². The van der Waals surface area contributed by atoms with Gasteiger partial charge < -0.3 is 31.6 Å². The standard InChI is InChI=1S/C23H48N4O4/c1-22(2,3)30-20(28)26-16-12-10-14-19(27-21(29)31-23(4,5)6)18(17-25)13-9-7-8-11-15-24/h18-19H,7-17,24-25H2,1-6H3,(H,26,28)(H,27,29). The van der Waals surface area contributed by atoms with E-state index in [9.17, 15) is 9.59 Å². The van der Waals surface area contributed by atoms with Crippen molar-refractivity contribution >= 4 is 12.2 Å². The van der Waals surface area contributed by atoms with Crippen LogP contribution in [-0.2, 0) is 9.47 Å². The number of rotatable bonds is 14. The molecule has 0 saturated heterocycles. The Bertz CT molecular complexity index is 501. The molecule has 2 unspecified atom stereocenters. The Morgan fingerprint density at radius 2 is 1.32 bits per heavy atom. The van der Waals surface area contributed by atoms with Crippen LogP contribution >= 0.6 is 0 Å². The van der Waals surface area contributed by atoms with E-state index < -0.39 is 23.4 Å². The Hall–Kier alpha value is -1.54. The van der Waals surface area contributed by atoms with E-state index in [4.69, 9.17) is 20.9 Å². The van der Waals surface area contributed by atoms with E-state index in [-0.39, 0.29) is 12.0 Å². The van der Waals surface area contributed by atoms with Crippen molar-refractivity contribution in [3.63, 3.8) is 0 Å². The van der Waals surface area contributed by atoms with Gasteiger partial charge in [0.15, 0.2) is 0 Å². The highest BCUT2D eigenvalue weighted by Gasteiger charge is 2.25. The third-order valence-corrected chi connectivity index (χ3v) is 4.71. The highest BCUT2D eigenvalue weighted by molar-refractivity contribution is 5.68. The molecule has 0 bridgehead atoms. The molecule has 0 aliphatic heterocycles. The number of carbonyl (C=O) groups is 2. The van der Waals surface area contributed by atoms with Crippen molar-refractivity contribution in [2.75, 3.05) is 19.6 Å². The highest BCUT2D eigenvalue weighted by atomic mass is 16.6. The number of hydrogen-bond donors (Lipinski definition) is 4. The van der Waals surface area contributed by atoms with Crippen LogP contribution in [0, 0.1) is 5.92 Å². The number of hydrogen-bond acceptors (Lipinski definition) is 6. The fraction of sp³-hybridized carbons (Fsp3) is 0.913. The molecule has 2 atom stereocenters. The van der Waals surface area contributed by atoms with Crippen molar-refractivity contribution in [3.8, 4) is 0 Å². The fourth-order valence-corrected chi connectivity index (χ4v) is 3.27. The SMILES string of the molecule is CC(C)(C)OC(=O)NCCCCC(NC(=O)OC(C)(C)C)C(CN)CCCCCCN. The molecule has 6 N–H and O–H groups in total. The Morgan fingerprint density at radius 1 is 0.774 bits per heavy atom. The van der Waals surface area contributed by atoms with Gasteiger partial charge in [0, 0.05) is 12.6 Å². The number of nitrogens with two attached hydrogens (primary N) is 2. The number of nitrogens with one attached hydrogen (secondary N) is 2. The van der Waals surface area contributed by atoms with Gasteiger partial charge >= 0.3 is 12.2 Å². The molecule has 8 heteroatoms. The lowest BCUT2D eigenvalue weighted by Crippen LogP contribution is -2.45. The van der Waals surface area contributed by atoms with Crippen LogP contribution in [-0.4, -0.2) is 49.1 Å². The molecule has 0 radical (unpaired) electrons. The third-order valence-electron chi connectivity index (χ3n) is 4.71. The maximum Gasteiger partial charge on any atom is 0.407 e. The minimum absolute atomic E-state index is 0.0594. The summed E-state index contributed by atoms with van der Waals surface area (Å²) in [6, 6.07) is -0.0594. The predicted octanol–water partition coefficient (Wildman–Crippen LogP) is 4.06. The van der Waals surface area contributed by atoms with Crippen LogP contribution in [0.3, 0.4) is 0 Å². The zero-order chi connectivity index (χ0) is 23.9. The molecule has 0 aromatic carbocycles. The average Bonchev–Trinajstić information content (AvgIpc) is 2.60. The van der Waals surface area contributed by atoms with E-state index in [1.54, 1.807) is 0 Å². The van der Waals surface area contributed by atoms with E-state index in [2.05, 4.69) is 10.6 Å². The van der Waals surface area contributed by atoms with Crippen LogP contribution < -0.4 is 22.1 Å². The Kier molecular flexibility index (Phi) is 14.5. The second-order valence-electron chi connectivity index (χ2n) is 10.2. The highest BCUT2D eigenvalue weighted by Crippen LogP contribution is 2.19. The van der Waals surface area contributed by atoms with Crippen molar-refractivity contribution < 1.29 is 19.1 Å². The van der Waals surface area contributed by atoms with E-state index in [0.29, 0.717) is 13.1 Å². The van der Waals surface area contributed by atoms with Crippen molar-refractivity contribution in [2.45, 2.75) is 110 Å². The molecular weight excluding hydrogens is 396 g/mol. The smallest absolute Gasteiger partial charge is 0.407 e. The van der Waals surface area contributed by atoms with Gasteiger partial charge in [0.1, 0.15) is 11.2 Å². The Balaban J connectivity index is 4.64. The maximum absolute atomic E-state index is 12.4. The number of ether oxygens (including phenoxy) is 2. The van der Waals surface area contributed by atoms with Crippen molar-refractivity contribution in [3.05, 3.63) is 0 Å². The van der Waals surface area contributed by atoms with Crippen molar-refractivity contribution in [2.24, 2.45) is 17.4 Å². The molecule has 0 heterocycles. The fourth-order valence-electron chi connectivity index (χ4n) is 3.27. The Labute approximate surface area is 189 Å². The lowest BCUT2D eigenvalue weighted by atomic mass is 9.90. The van der Waals surface area contributed by atoms with E-state index in [0.717, 1.165) is 57.9 Å². The quantitative estimate of drug-likeness (QED) is 0.299. The summed E-state index contributed by atoms with van der Waals surface area (Å²) in [5.41, 5.74) is 10.6. The monoisotopic (exact) mass is 444 g/mol. The molecule has 0 saturated carbocycles. The minimum atomic E-state index is -0.549. The lowest BCUT2D eigenvalue weighted by molar-refractivity contribution is 0.0479. The summed E-state index contributed by atoms with van der Waals surface area (Å²) in [7, 11) is 0. The summed E-state index contributed by atoms with van der Waals surface area (Å²) in [4.78, 5) is 24.1. The first-order chi connectivity index (χ1) is 14.4. The van der Waals surface area contributed by atoms with Crippen LogP contribution in [0.25, 0.3) is 0 Å². The molecule has 0 aromatic heterocycles. The van der Waals surface area contributed by atoms with Gasteiger partial charge in [-0.1, -0.05) is 19.3 Å². The van der Waals surface area contributed by atoms with Gasteiger partial charge in [-0.15, -0.1) is 0 Å². The van der Waals surface area contributed by atoms with Gasteiger partial charge in [-0.05, 0) is 92.7 Å². The summed E-state index contributed by atoms with van der Waals surface area (Å²) in [6.45, 7) is 12.8. The average molecular weight is 445 g/mol. The second-order valence-corrected chi connectivity index (χ2v) is 10.2. The first-order valence-electron chi connectivity index (χ1n) is 11.7. The first-order valence-corrected chi connectivity index (χ1v) is 11.7. The van der Waals surface area contributed by atoms with Gasteiger partial charge in [-0.3, -0.25) is 0 Å². The van der Waals surface area contributed by atoms with Crippen molar-refractivity contribution in [1.82, 2.24) is 10.6 Å². The summed E-state index contributed by atoms with van der Waals surface area (Å²) >= 11 is 0. The number of unbranched alkanes of at least 4 members (excludes halogenated alkanes) is 4. The normalized spacial score (nSPS) is 13.9. The van der Waals surface area contributed by atoms with Gasteiger partial charge in [-0.25, -0.2) is 9.59 Å². The van der Waals surface area contributed by atoms with Gasteiger partial charge in [0.2, 0.25) is 0 Å². The molecule has 31 heavy (non-hydrogen) atoms. The summed E-state index contributed by atoms with van der Waals surface area (Å²) in [6.07, 6.45) is 6.89. The van der Waals surface area contributed by atoms with E-state index in [1.165, 1.54) is 0 Å². The Morgan fingerprint density at radius 3 is 1.87 bits per heavy atom. The zero-order valence-electron chi connectivity index (χ0n) is 20.7. The van der Waals surface area contributed by atoms with Crippen LogP contribution in [0.5, 0.6) is 0 Å². The summed E-state index contributed by atoms with van der Waals surface area (Å²) in [5.74, 6) is 0.184. The van der Waals surface area contributed by atoms with Crippen LogP contribution in [0.15, 0.2) is 0 Å². The summed E-state index contributed by atoms with van der Waals surface area (Å²) in [5, 5.41) is 5.81. The van der Waals surface area contributed by atoms with Crippen molar-refractivity contribution in [1.29, 1.82) is 0 Å². The molecule has 0 rings (SSSR count). The van der Waals surface area contributed by atoms with E-state index in [1.807, 2.05) is 41.5 Å². The lowest BCUT2D eigenvalue weighted by Gasteiger charge is -2.29. The maximum atomic E-state index is 12.4. The number of alkyl carbamates (subject to hydrolysis) is 2. The molecule has 2 amide bonds. The van der Waals surface area contributed by atoms with E-state index >= 15 is 0 Å². The van der Waals surface area contributed by atoms with Gasteiger partial charge in [0.25, 0.3) is 0 Å². The summed E-state index contributed by atoms with van der Waals surface area (Å²) < 4.78 is 10.7. The minimum Gasteiger partial charge on any atom is -0.444 e. The van der Waals surface area contributed by atoms with Crippen LogP contribution in [0.4, 0.5) is 9.59 Å². The van der Waals surface area contributed by atoms with Gasteiger partial charge in [-0.2, -0.15) is 0 Å². The number of carbonyl (C=O) groups excluding carboxylic acids is 2. The van der Waals surface area contributed by atoms with Crippen LogP contribution in [0.1, 0.15) is 92.9 Å². The number of amides is 2. The third kappa shape index (κ3) is 17.8. The van der Waals surface area contributed by atoms with Gasteiger partial charge in [0.05, 0.1) is 0 Å². The molecule has 184 valence electrons. The molecule has 0 spiro atoms.